The van der Waals surface area contributed by atoms with Crippen LogP contribution < -0.4 is 5.32 Å². The molecule has 1 heterocycles. The third kappa shape index (κ3) is 2.35. The summed E-state index contributed by atoms with van der Waals surface area (Å²) in [7, 11) is 0. The van der Waals surface area contributed by atoms with Gasteiger partial charge in [-0.3, -0.25) is 4.79 Å². The Kier molecular flexibility index (Phi) is 3.93. The number of carbonyl (C=O) groups is 1. The number of benzene rings is 1. The van der Waals surface area contributed by atoms with E-state index in [-0.39, 0.29) is 5.48 Å². The van der Waals surface area contributed by atoms with Crippen LogP contribution in [-0.2, 0) is 4.79 Å². The van der Waals surface area contributed by atoms with Crippen LogP contribution in [0.25, 0.3) is 5.57 Å². The third-order valence-electron chi connectivity index (χ3n) is 2.43. The Hall–Kier alpha value is -1.52. The molecule has 0 amide bonds. The molecule has 1 atom stereocenters. The van der Waals surface area contributed by atoms with Gasteiger partial charge in [-0.25, -0.2) is 0 Å². The molecule has 5 heteroatoms. The SMILES string of the molecule is O.O=C(O)C1CNC=C1c1ccc(Cl)cc1. The summed E-state index contributed by atoms with van der Waals surface area (Å²) in [6, 6.07) is 7.18. The summed E-state index contributed by atoms with van der Waals surface area (Å²) in [4.78, 5) is 10.9. The van der Waals surface area contributed by atoms with Crippen LogP contribution in [0.3, 0.4) is 0 Å². The largest absolute Gasteiger partial charge is 0.481 e. The third-order valence-corrected chi connectivity index (χ3v) is 2.68. The number of hydrogen-bond acceptors (Lipinski definition) is 2. The molecule has 86 valence electrons. The highest BCUT2D eigenvalue weighted by Crippen LogP contribution is 2.27. The number of rotatable bonds is 2. The molecule has 4 nitrogen and oxygen atoms in total. The lowest BCUT2D eigenvalue weighted by atomic mass is 9.96. The van der Waals surface area contributed by atoms with E-state index >= 15 is 0 Å². The first-order valence-electron chi connectivity index (χ1n) is 4.60. The minimum atomic E-state index is -0.804. The molecule has 1 aromatic carbocycles. The Labute approximate surface area is 97.9 Å². The minimum Gasteiger partial charge on any atom is -0.481 e. The lowest BCUT2D eigenvalue weighted by Crippen LogP contribution is -2.19. The van der Waals surface area contributed by atoms with Crippen molar-refractivity contribution in [1.82, 2.24) is 5.32 Å². The van der Waals surface area contributed by atoms with Crippen molar-refractivity contribution >= 4 is 23.1 Å². The van der Waals surface area contributed by atoms with Gasteiger partial charge in [0, 0.05) is 17.8 Å². The summed E-state index contributed by atoms with van der Waals surface area (Å²) >= 11 is 5.77. The van der Waals surface area contributed by atoms with Gasteiger partial charge in [-0.15, -0.1) is 0 Å². The van der Waals surface area contributed by atoms with E-state index in [1.165, 1.54) is 0 Å². The lowest BCUT2D eigenvalue weighted by Gasteiger charge is -2.08. The van der Waals surface area contributed by atoms with Crippen molar-refractivity contribution < 1.29 is 15.4 Å². The molecular formula is C11H12ClNO3. The fourth-order valence-corrected chi connectivity index (χ4v) is 1.77. The summed E-state index contributed by atoms with van der Waals surface area (Å²) < 4.78 is 0. The number of hydrogen-bond donors (Lipinski definition) is 2. The van der Waals surface area contributed by atoms with Crippen molar-refractivity contribution in [2.45, 2.75) is 0 Å². The highest BCUT2D eigenvalue weighted by atomic mass is 35.5. The molecule has 0 aliphatic carbocycles. The highest BCUT2D eigenvalue weighted by molar-refractivity contribution is 6.30. The van der Waals surface area contributed by atoms with Gasteiger partial charge in [0.1, 0.15) is 5.92 Å². The molecule has 1 aromatic rings. The molecule has 0 spiro atoms. The number of aliphatic carboxylic acids is 1. The average molecular weight is 242 g/mol. The quantitative estimate of drug-likeness (QED) is 0.815. The summed E-state index contributed by atoms with van der Waals surface area (Å²) in [5.41, 5.74) is 1.70. The molecule has 1 unspecified atom stereocenters. The van der Waals surface area contributed by atoms with Gasteiger partial charge in [0.05, 0.1) is 0 Å². The van der Waals surface area contributed by atoms with Crippen LogP contribution in [0, 0.1) is 5.92 Å². The molecular weight excluding hydrogens is 230 g/mol. The van der Waals surface area contributed by atoms with Crippen molar-refractivity contribution in [3.8, 4) is 0 Å². The van der Waals surface area contributed by atoms with Gasteiger partial charge in [0.15, 0.2) is 0 Å². The maximum atomic E-state index is 10.9. The first kappa shape index (κ1) is 12.5. The smallest absolute Gasteiger partial charge is 0.312 e. The van der Waals surface area contributed by atoms with Crippen LogP contribution in [0.1, 0.15) is 5.56 Å². The summed E-state index contributed by atoms with van der Waals surface area (Å²) in [5.74, 6) is -1.27. The number of nitrogens with one attached hydrogen (secondary N) is 1. The van der Waals surface area contributed by atoms with Crippen molar-refractivity contribution in [2.24, 2.45) is 5.92 Å². The van der Waals surface area contributed by atoms with Crippen LogP contribution in [0.15, 0.2) is 30.5 Å². The van der Waals surface area contributed by atoms with E-state index in [1.807, 2.05) is 12.1 Å². The van der Waals surface area contributed by atoms with Gasteiger partial charge < -0.3 is 15.9 Å². The van der Waals surface area contributed by atoms with Gasteiger partial charge in [0.25, 0.3) is 0 Å². The number of carboxylic acids is 1. The second-order valence-corrected chi connectivity index (χ2v) is 3.84. The Morgan fingerprint density at radius 3 is 2.56 bits per heavy atom. The zero-order chi connectivity index (χ0) is 10.8. The molecule has 0 bridgehead atoms. The summed E-state index contributed by atoms with van der Waals surface area (Å²) in [6.07, 6.45) is 1.75. The molecule has 1 aliphatic rings. The van der Waals surface area contributed by atoms with Crippen LogP contribution in [0.2, 0.25) is 5.02 Å². The van der Waals surface area contributed by atoms with E-state index in [1.54, 1.807) is 18.3 Å². The second kappa shape index (κ2) is 5.01. The van der Waals surface area contributed by atoms with Crippen molar-refractivity contribution in [3.05, 3.63) is 41.1 Å². The van der Waals surface area contributed by atoms with Crippen molar-refractivity contribution in [1.29, 1.82) is 0 Å². The molecule has 2 rings (SSSR count). The van der Waals surface area contributed by atoms with E-state index in [4.69, 9.17) is 16.7 Å². The number of carboxylic acid groups (broad SMARTS) is 1. The molecule has 0 fully saturated rings. The summed E-state index contributed by atoms with van der Waals surface area (Å²) in [5, 5.41) is 12.6. The van der Waals surface area contributed by atoms with E-state index in [0.29, 0.717) is 11.6 Å². The van der Waals surface area contributed by atoms with Crippen molar-refractivity contribution in [2.75, 3.05) is 6.54 Å². The van der Waals surface area contributed by atoms with E-state index in [9.17, 15) is 4.79 Å². The van der Waals surface area contributed by atoms with Crippen LogP contribution in [-0.4, -0.2) is 23.1 Å². The molecule has 0 saturated heterocycles. The molecule has 0 saturated carbocycles. The Morgan fingerprint density at radius 2 is 2.00 bits per heavy atom. The molecule has 0 radical (unpaired) electrons. The molecule has 4 N–H and O–H groups in total. The van der Waals surface area contributed by atoms with Gasteiger partial charge in [-0.2, -0.15) is 0 Å². The molecule has 16 heavy (non-hydrogen) atoms. The normalized spacial score (nSPS) is 18.3. The minimum absolute atomic E-state index is 0. The lowest BCUT2D eigenvalue weighted by molar-refractivity contribution is -0.139. The van der Waals surface area contributed by atoms with Crippen LogP contribution in [0.4, 0.5) is 0 Å². The second-order valence-electron chi connectivity index (χ2n) is 3.41. The number of halogens is 1. The first-order chi connectivity index (χ1) is 7.18. The van der Waals surface area contributed by atoms with Crippen LogP contribution in [0.5, 0.6) is 0 Å². The topological polar surface area (TPSA) is 80.8 Å². The maximum absolute atomic E-state index is 10.9. The van der Waals surface area contributed by atoms with E-state index < -0.39 is 11.9 Å². The Morgan fingerprint density at radius 1 is 1.38 bits per heavy atom. The van der Waals surface area contributed by atoms with Crippen LogP contribution >= 0.6 is 11.6 Å². The zero-order valence-corrected chi connectivity index (χ0v) is 9.16. The van der Waals surface area contributed by atoms with Gasteiger partial charge in [-0.05, 0) is 23.3 Å². The van der Waals surface area contributed by atoms with E-state index in [2.05, 4.69) is 5.32 Å². The van der Waals surface area contributed by atoms with Gasteiger partial charge in [-0.1, -0.05) is 23.7 Å². The fraction of sp³-hybridized carbons (Fsp3) is 0.182. The van der Waals surface area contributed by atoms with Gasteiger partial charge >= 0.3 is 5.97 Å². The predicted molar refractivity (Wildman–Crippen MR) is 62.2 cm³/mol. The van der Waals surface area contributed by atoms with E-state index in [0.717, 1.165) is 11.1 Å². The monoisotopic (exact) mass is 241 g/mol. The maximum Gasteiger partial charge on any atom is 0.312 e. The Bertz CT molecular complexity index is 414. The molecule has 0 aromatic heterocycles. The average Bonchev–Trinajstić information content (AvgIpc) is 2.67. The van der Waals surface area contributed by atoms with Crippen molar-refractivity contribution in [3.63, 3.8) is 0 Å². The first-order valence-corrected chi connectivity index (χ1v) is 4.98. The summed E-state index contributed by atoms with van der Waals surface area (Å²) in [6.45, 7) is 0.452. The fourth-order valence-electron chi connectivity index (χ4n) is 1.64. The zero-order valence-electron chi connectivity index (χ0n) is 8.40. The van der Waals surface area contributed by atoms with Gasteiger partial charge in [0.2, 0.25) is 0 Å². The standard InChI is InChI=1S/C11H10ClNO2.H2O/c12-8-3-1-7(2-4-8)9-5-13-6-10(9)11(14)15;/h1-5,10,13H,6H2,(H,14,15);1H2. The Balaban J connectivity index is 0.00000128. The highest BCUT2D eigenvalue weighted by Gasteiger charge is 2.26. The molecule has 1 aliphatic heterocycles. The predicted octanol–water partition coefficient (Wildman–Crippen LogP) is 1.16.